The van der Waals surface area contributed by atoms with Crippen molar-refractivity contribution in [2.24, 2.45) is 5.92 Å². The minimum absolute atomic E-state index is 0.229. The number of aromatic nitrogens is 2. The predicted octanol–water partition coefficient (Wildman–Crippen LogP) is 4.11. The van der Waals surface area contributed by atoms with Crippen LogP contribution in [0.25, 0.3) is 10.8 Å². The minimum Gasteiger partial charge on any atom is -0.354 e. The number of fused-ring (bicyclic) bond motifs is 1. The van der Waals surface area contributed by atoms with Gasteiger partial charge in [-0.1, -0.05) is 48.0 Å². The van der Waals surface area contributed by atoms with E-state index in [0.29, 0.717) is 11.9 Å². The summed E-state index contributed by atoms with van der Waals surface area (Å²) < 4.78 is 0. The van der Waals surface area contributed by atoms with Gasteiger partial charge < -0.3 is 15.0 Å². The molecule has 0 atom stereocenters. The number of piperidine rings is 1. The number of nitrogens with zero attached hydrogens (tertiary/aromatic N) is 3. The molecule has 0 unspecified atom stereocenters. The monoisotopic (exact) mass is 465 g/mol. The molecule has 0 aliphatic carbocycles. The lowest BCUT2D eigenvalue weighted by atomic mass is 9.97. The molecule has 1 aliphatic heterocycles. The zero-order valence-corrected chi connectivity index (χ0v) is 20.0. The van der Waals surface area contributed by atoms with Gasteiger partial charge in [-0.3, -0.25) is 10.0 Å². The van der Waals surface area contributed by atoms with Crippen LogP contribution in [0.2, 0.25) is 0 Å². The zero-order valence-electron chi connectivity index (χ0n) is 20.0. The maximum Gasteiger partial charge on any atom is 0.277 e. The van der Waals surface area contributed by atoms with E-state index in [2.05, 4.69) is 89.8 Å². The van der Waals surface area contributed by atoms with Crippen molar-refractivity contribution < 1.29 is 14.8 Å². The first-order chi connectivity index (χ1) is 16.5. The Morgan fingerprint density at radius 2 is 1.65 bits per heavy atom. The summed E-state index contributed by atoms with van der Waals surface area (Å²) in [5.74, 6) is 0.538. The van der Waals surface area contributed by atoms with Crippen molar-refractivity contribution in [3.8, 4) is 0 Å². The standard InChI is InChI=1S/C12H19N5O2.C11H10.C2H4.CH2O/c1-17-4-2-9(3-5-17)6-13-12-14-7-10(8-15-12)11(18)16-19;1-9-6-7-10-4-2-3-5-11(10)8-9;2*1-2/h7-9,19H,2-6H2,1H3,(H,16,18)(H,13,14,15);2-8H,1H3;1-2H2;1H2. The van der Waals surface area contributed by atoms with Gasteiger partial charge in [-0.25, -0.2) is 15.4 Å². The molecule has 3 N–H and O–H groups in total. The number of rotatable bonds is 4. The number of hydrogen-bond donors (Lipinski definition) is 3. The number of carbonyl (C=O) groups is 2. The fourth-order valence-electron chi connectivity index (χ4n) is 3.41. The van der Waals surface area contributed by atoms with Gasteiger partial charge in [0.15, 0.2) is 0 Å². The van der Waals surface area contributed by atoms with Crippen LogP contribution >= 0.6 is 0 Å². The first-order valence-corrected chi connectivity index (χ1v) is 11.0. The molecular weight excluding hydrogens is 430 g/mol. The minimum atomic E-state index is -0.609. The first-order valence-electron chi connectivity index (χ1n) is 11.0. The molecule has 182 valence electrons. The molecule has 3 aromatic rings. The normalized spacial score (nSPS) is 13.1. The van der Waals surface area contributed by atoms with Gasteiger partial charge >= 0.3 is 0 Å². The highest BCUT2D eigenvalue weighted by Gasteiger charge is 2.16. The quantitative estimate of drug-likeness (QED) is 0.302. The molecule has 0 saturated carbocycles. The van der Waals surface area contributed by atoms with Crippen molar-refractivity contribution in [2.75, 3.05) is 32.0 Å². The Hall–Kier alpha value is -3.62. The smallest absolute Gasteiger partial charge is 0.277 e. The van der Waals surface area contributed by atoms with Crippen molar-refractivity contribution in [1.29, 1.82) is 0 Å². The third-order valence-corrected chi connectivity index (χ3v) is 5.31. The van der Waals surface area contributed by atoms with E-state index >= 15 is 0 Å². The van der Waals surface area contributed by atoms with Crippen LogP contribution in [0, 0.1) is 12.8 Å². The van der Waals surface area contributed by atoms with Crippen LogP contribution in [0.15, 0.2) is 68.0 Å². The van der Waals surface area contributed by atoms with Crippen molar-refractivity contribution in [3.05, 3.63) is 79.1 Å². The molecule has 0 bridgehead atoms. The number of benzene rings is 2. The lowest BCUT2D eigenvalue weighted by Gasteiger charge is -2.28. The van der Waals surface area contributed by atoms with Gasteiger partial charge in [0.25, 0.3) is 5.91 Å². The summed E-state index contributed by atoms with van der Waals surface area (Å²) >= 11 is 0. The highest BCUT2D eigenvalue weighted by Crippen LogP contribution is 2.16. The Balaban J connectivity index is 0.000000326. The number of carbonyl (C=O) groups excluding carboxylic acids is 2. The van der Waals surface area contributed by atoms with Crippen LogP contribution in [0.3, 0.4) is 0 Å². The van der Waals surface area contributed by atoms with Crippen LogP contribution in [0.5, 0.6) is 0 Å². The van der Waals surface area contributed by atoms with E-state index in [1.165, 1.54) is 41.6 Å². The van der Waals surface area contributed by atoms with Gasteiger partial charge in [-0.05, 0) is 56.6 Å². The summed E-state index contributed by atoms with van der Waals surface area (Å²) in [6.07, 6.45) is 5.12. The third kappa shape index (κ3) is 9.48. The van der Waals surface area contributed by atoms with Gasteiger partial charge in [0, 0.05) is 18.9 Å². The van der Waals surface area contributed by atoms with Gasteiger partial charge in [0.05, 0.1) is 5.56 Å². The van der Waals surface area contributed by atoms with Gasteiger partial charge in [0.2, 0.25) is 5.95 Å². The highest BCUT2D eigenvalue weighted by atomic mass is 16.5. The molecule has 8 nitrogen and oxygen atoms in total. The van der Waals surface area contributed by atoms with E-state index in [-0.39, 0.29) is 5.56 Å². The summed E-state index contributed by atoms with van der Waals surface area (Å²) in [7, 11) is 2.14. The topological polar surface area (TPSA) is 107 Å². The maximum atomic E-state index is 11.1. The van der Waals surface area contributed by atoms with E-state index in [1.807, 2.05) is 6.79 Å². The second kappa shape index (κ2) is 16.1. The van der Waals surface area contributed by atoms with Gasteiger partial charge in [-0.2, -0.15) is 0 Å². The number of hydroxylamine groups is 1. The largest absolute Gasteiger partial charge is 0.354 e. The molecule has 1 amide bonds. The average molecular weight is 466 g/mol. The summed E-state index contributed by atoms with van der Waals surface area (Å²) in [4.78, 5) is 29.5. The van der Waals surface area contributed by atoms with E-state index in [1.54, 1.807) is 5.48 Å². The number of likely N-dealkylation sites (tertiary alicyclic amines) is 1. The van der Waals surface area contributed by atoms with E-state index in [4.69, 9.17) is 10.0 Å². The lowest BCUT2D eigenvalue weighted by Crippen LogP contribution is -2.33. The maximum absolute atomic E-state index is 11.1. The van der Waals surface area contributed by atoms with Crippen LogP contribution in [-0.4, -0.2) is 59.5 Å². The molecular formula is C26H35N5O3. The second-order valence-electron chi connectivity index (χ2n) is 7.71. The third-order valence-electron chi connectivity index (χ3n) is 5.31. The SMILES string of the molecule is C=C.C=O.CN1CCC(CNc2ncc(C(=O)NO)cn2)CC1.Cc1ccc2ccccc2c1. The van der Waals surface area contributed by atoms with Crippen molar-refractivity contribution in [1.82, 2.24) is 20.3 Å². The summed E-state index contributed by atoms with van der Waals surface area (Å²) in [6.45, 7) is 13.2. The van der Waals surface area contributed by atoms with Crippen molar-refractivity contribution in [3.63, 3.8) is 0 Å². The second-order valence-corrected chi connectivity index (χ2v) is 7.71. The van der Waals surface area contributed by atoms with Crippen LogP contribution < -0.4 is 10.8 Å². The fourth-order valence-corrected chi connectivity index (χ4v) is 3.41. The molecule has 1 fully saturated rings. The molecule has 4 rings (SSSR count). The Kier molecular flexibility index (Phi) is 13.4. The first kappa shape index (κ1) is 28.4. The molecule has 34 heavy (non-hydrogen) atoms. The molecule has 2 aromatic carbocycles. The van der Waals surface area contributed by atoms with Crippen LogP contribution in [0.4, 0.5) is 5.95 Å². The number of anilines is 1. The molecule has 1 aliphatic rings. The molecule has 1 saturated heterocycles. The van der Waals surface area contributed by atoms with Gasteiger partial charge in [-0.15, -0.1) is 13.2 Å². The number of hydrogen-bond acceptors (Lipinski definition) is 7. The Labute approximate surface area is 201 Å². The Bertz CT molecular complexity index is 987. The van der Waals surface area contributed by atoms with Crippen molar-refractivity contribution >= 4 is 29.4 Å². The molecule has 0 spiro atoms. The number of nitrogens with one attached hydrogen (secondary N) is 2. The summed E-state index contributed by atoms with van der Waals surface area (Å²) in [5.41, 5.74) is 3.10. The Morgan fingerprint density at radius 3 is 2.24 bits per heavy atom. The zero-order chi connectivity index (χ0) is 25.3. The fraction of sp³-hybridized carbons (Fsp3) is 0.308. The molecule has 2 heterocycles. The van der Waals surface area contributed by atoms with Crippen molar-refractivity contribution in [2.45, 2.75) is 19.8 Å². The van der Waals surface area contributed by atoms with Gasteiger partial charge in [0.1, 0.15) is 6.79 Å². The molecule has 8 heteroatoms. The van der Waals surface area contributed by atoms with Crippen LogP contribution in [-0.2, 0) is 4.79 Å². The Morgan fingerprint density at radius 1 is 1.06 bits per heavy atom. The summed E-state index contributed by atoms with van der Waals surface area (Å²) in [5, 5.41) is 14.3. The number of amides is 1. The highest BCUT2D eigenvalue weighted by molar-refractivity contribution is 5.92. The van der Waals surface area contributed by atoms with Crippen LogP contribution in [0.1, 0.15) is 28.8 Å². The van der Waals surface area contributed by atoms with E-state index < -0.39 is 5.91 Å². The number of aryl methyl sites for hydroxylation is 1. The molecule has 0 radical (unpaired) electrons. The lowest BCUT2D eigenvalue weighted by molar-refractivity contribution is -0.0980. The average Bonchev–Trinajstić information content (AvgIpc) is 2.91. The van der Waals surface area contributed by atoms with E-state index in [0.717, 1.165) is 19.6 Å². The summed E-state index contributed by atoms with van der Waals surface area (Å²) in [6, 6.07) is 14.9. The predicted molar refractivity (Wildman–Crippen MR) is 137 cm³/mol. The molecule has 1 aromatic heterocycles. The van der Waals surface area contributed by atoms with E-state index in [9.17, 15) is 4.79 Å².